The molecule has 0 radical (unpaired) electrons. The summed E-state index contributed by atoms with van der Waals surface area (Å²) >= 11 is 7.78. The molecule has 0 saturated carbocycles. The molecule has 1 atom stereocenters. The van der Waals surface area contributed by atoms with Crippen molar-refractivity contribution in [2.24, 2.45) is 5.73 Å². The van der Waals surface area contributed by atoms with Gasteiger partial charge in [0, 0.05) is 39.6 Å². The average molecular weight is 527 g/mol. The zero-order chi connectivity index (χ0) is 26.1. The van der Waals surface area contributed by atoms with Gasteiger partial charge in [-0.2, -0.15) is 5.26 Å². The molecular weight excluding hydrogens is 500 g/mol. The summed E-state index contributed by atoms with van der Waals surface area (Å²) in [6.45, 7) is 4.15. The smallest absolute Gasteiger partial charge is 0.161 e. The maximum absolute atomic E-state index is 13.5. The number of carbonyl (C=O) groups is 1. The number of pyridine rings is 1. The molecule has 0 spiro atoms. The second-order valence-corrected chi connectivity index (χ2v) is 10.9. The summed E-state index contributed by atoms with van der Waals surface area (Å²) in [6, 6.07) is 18.2. The van der Waals surface area contributed by atoms with E-state index in [9.17, 15) is 10.1 Å². The molecule has 0 saturated heterocycles. The van der Waals surface area contributed by atoms with E-state index in [-0.39, 0.29) is 5.78 Å². The van der Waals surface area contributed by atoms with Crippen molar-refractivity contribution < 1.29 is 4.79 Å². The Morgan fingerprint density at radius 1 is 1.16 bits per heavy atom. The minimum absolute atomic E-state index is 0.0810. The van der Waals surface area contributed by atoms with E-state index in [0.717, 1.165) is 51.6 Å². The molecule has 7 heteroatoms. The number of nitrogens with zero attached hydrogens (tertiary/aromatic N) is 3. The largest absolute Gasteiger partial charge is 0.384 e. The van der Waals surface area contributed by atoms with Crippen LogP contribution in [0.2, 0.25) is 5.02 Å². The number of benzene rings is 2. The van der Waals surface area contributed by atoms with Crippen LogP contribution in [-0.2, 0) is 10.5 Å². The van der Waals surface area contributed by atoms with Crippen molar-refractivity contribution in [3.05, 3.63) is 111 Å². The fraction of sp³-hybridized carbons (Fsp3) is 0.233. The van der Waals surface area contributed by atoms with Gasteiger partial charge < -0.3 is 5.73 Å². The molecule has 1 aliphatic heterocycles. The van der Waals surface area contributed by atoms with Crippen molar-refractivity contribution in [2.75, 3.05) is 4.90 Å². The second-order valence-electron chi connectivity index (χ2n) is 9.41. The summed E-state index contributed by atoms with van der Waals surface area (Å²) in [5.74, 6) is 0.722. The molecule has 2 aromatic carbocycles. The number of hydrogen-bond acceptors (Lipinski definition) is 6. The van der Waals surface area contributed by atoms with Crippen LogP contribution in [0, 0.1) is 25.2 Å². The summed E-state index contributed by atoms with van der Waals surface area (Å²) in [7, 11) is 0. The van der Waals surface area contributed by atoms with E-state index in [0.29, 0.717) is 28.4 Å². The number of allylic oxidation sites excluding steroid dienone is 3. The van der Waals surface area contributed by atoms with Crippen LogP contribution >= 0.6 is 23.4 Å². The molecule has 2 N–H and O–H groups in total. The van der Waals surface area contributed by atoms with E-state index in [2.05, 4.69) is 30.1 Å². The van der Waals surface area contributed by atoms with Crippen LogP contribution in [0.1, 0.15) is 47.4 Å². The first kappa shape index (κ1) is 25.1. The van der Waals surface area contributed by atoms with Crippen LogP contribution in [0.4, 0.5) is 5.69 Å². The van der Waals surface area contributed by atoms with E-state index in [4.69, 9.17) is 17.3 Å². The van der Waals surface area contributed by atoms with Crippen molar-refractivity contribution in [1.82, 2.24) is 4.98 Å². The van der Waals surface area contributed by atoms with Gasteiger partial charge in [-0.25, -0.2) is 0 Å². The monoisotopic (exact) mass is 526 g/mol. The molecule has 186 valence electrons. The Kier molecular flexibility index (Phi) is 7.10. The number of aromatic nitrogens is 1. The van der Waals surface area contributed by atoms with E-state index < -0.39 is 5.92 Å². The Bertz CT molecular complexity index is 1470. The molecule has 1 aliphatic carbocycles. The first-order valence-electron chi connectivity index (χ1n) is 12.2. The highest BCUT2D eigenvalue weighted by Crippen LogP contribution is 2.47. The third-order valence-corrected chi connectivity index (χ3v) is 8.37. The van der Waals surface area contributed by atoms with Crippen molar-refractivity contribution in [3.63, 3.8) is 0 Å². The third kappa shape index (κ3) is 4.77. The lowest BCUT2D eigenvalue weighted by Gasteiger charge is -2.40. The van der Waals surface area contributed by atoms with Gasteiger partial charge in [0.2, 0.25) is 0 Å². The van der Waals surface area contributed by atoms with Gasteiger partial charge in [-0.15, -0.1) is 11.8 Å². The minimum atomic E-state index is -0.486. The lowest BCUT2D eigenvalue weighted by molar-refractivity contribution is -0.116. The van der Waals surface area contributed by atoms with Crippen LogP contribution in [0.15, 0.2) is 88.5 Å². The van der Waals surface area contributed by atoms with E-state index in [1.54, 1.807) is 24.2 Å². The Labute approximate surface area is 226 Å². The molecule has 0 fully saturated rings. The summed E-state index contributed by atoms with van der Waals surface area (Å²) in [4.78, 5) is 20.7. The molecule has 1 aromatic heterocycles. The Morgan fingerprint density at radius 3 is 2.65 bits per heavy atom. The normalized spacial score (nSPS) is 17.6. The number of aryl methyl sites for hydroxylation is 2. The zero-order valence-electron chi connectivity index (χ0n) is 20.8. The Morgan fingerprint density at radius 2 is 1.95 bits per heavy atom. The van der Waals surface area contributed by atoms with Gasteiger partial charge in [-0.3, -0.25) is 14.7 Å². The molecule has 0 amide bonds. The lowest BCUT2D eigenvalue weighted by atomic mass is 9.74. The highest BCUT2D eigenvalue weighted by Gasteiger charge is 2.41. The summed E-state index contributed by atoms with van der Waals surface area (Å²) in [6.07, 6.45) is 5.36. The average Bonchev–Trinajstić information content (AvgIpc) is 2.89. The maximum Gasteiger partial charge on any atom is 0.161 e. The van der Waals surface area contributed by atoms with Gasteiger partial charge in [-0.1, -0.05) is 23.7 Å². The summed E-state index contributed by atoms with van der Waals surface area (Å²) in [5.41, 5.74) is 13.8. The quantitative estimate of drug-likeness (QED) is 0.362. The number of nitriles is 1. The lowest BCUT2D eigenvalue weighted by Crippen LogP contribution is -2.39. The predicted molar refractivity (Wildman–Crippen MR) is 149 cm³/mol. The molecule has 2 aliphatic rings. The molecule has 3 aromatic rings. The standard InChI is InChI=1S/C30H27ClN4OS/c1-18-13-19(2)24(14-20(18)17-37-23-10-8-21(31)9-11-23)28-25(15-32)30(33)35(22-5-4-12-34-16-22)26-6-3-7-27(36)29(26)28/h4-5,8-14,16,28H,3,6-7,17,33H2,1-2H3. The minimum Gasteiger partial charge on any atom is -0.384 e. The number of ketones is 1. The van der Waals surface area contributed by atoms with Gasteiger partial charge in [-0.05, 0) is 85.3 Å². The van der Waals surface area contributed by atoms with Crippen molar-refractivity contribution in [3.8, 4) is 6.07 Å². The van der Waals surface area contributed by atoms with Crippen molar-refractivity contribution >= 4 is 34.8 Å². The van der Waals surface area contributed by atoms with Crippen LogP contribution in [0.25, 0.3) is 0 Å². The highest BCUT2D eigenvalue weighted by atomic mass is 35.5. The SMILES string of the molecule is Cc1cc(C)c(C2C(C#N)=C(N)N(c3cccnc3)C3=C2C(=O)CCC3)cc1CSc1ccc(Cl)cc1. The zero-order valence-corrected chi connectivity index (χ0v) is 22.4. The third-order valence-electron chi connectivity index (χ3n) is 7.06. The van der Waals surface area contributed by atoms with Crippen LogP contribution in [0.3, 0.4) is 0 Å². The number of halogens is 1. The first-order valence-corrected chi connectivity index (χ1v) is 13.6. The van der Waals surface area contributed by atoms with Gasteiger partial charge in [0.15, 0.2) is 5.78 Å². The summed E-state index contributed by atoms with van der Waals surface area (Å²) < 4.78 is 0. The molecule has 5 nitrogen and oxygen atoms in total. The van der Waals surface area contributed by atoms with Crippen LogP contribution < -0.4 is 10.6 Å². The number of thioether (sulfide) groups is 1. The number of hydrogen-bond donors (Lipinski definition) is 1. The molecule has 0 bridgehead atoms. The fourth-order valence-corrected chi connectivity index (χ4v) is 6.34. The second kappa shape index (κ2) is 10.5. The molecule has 2 heterocycles. The molecule has 1 unspecified atom stereocenters. The Hall–Kier alpha value is -3.53. The van der Waals surface area contributed by atoms with Crippen molar-refractivity contribution in [1.29, 1.82) is 5.26 Å². The highest BCUT2D eigenvalue weighted by molar-refractivity contribution is 7.98. The van der Waals surface area contributed by atoms with Gasteiger partial charge in [0.25, 0.3) is 0 Å². The maximum atomic E-state index is 13.5. The first-order chi connectivity index (χ1) is 17.9. The van der Waals surface area contributed by atoms with E-state index in [1.165, 1.54) is 5.56 Å². The number of rotatable bonds is 5. The topological polar surface area (TPSA) is 83.0 Å². The van der Waals surface area contributed by atoms with Gasteiger partial charge in [0.1, 0.15) is 5.82 Å². The van der Waals surface area contributed by atoms with Gasteiger partial charge in [0.05, 0.1) is 29.4 Å². The molecular formula is C30H27ClN4OS. The predicted octanol–water partition coefficient (Wildman–Crippen LogP) is 6.95. The number of carbonyl (C=O) groups excluding carboxylic acids is 1. The van der Waals surface area contributed by atoms with Crippen LogP contribution in [-0.4, -0.2) is 10.8 Å². The van der Waals surface area contributed by atoms with Crippen LogP contribution in [0.5, 0.6) is 0 Å². The molecule has 37 heavy (non-hydrogen) atoms. The number of Topliss-reactive ketones (excluding diaryl/α,β-unsaturated/α-hetero) is 1. The molecule has 5 rings (SSSR count). The summed E-state index contributed by atoms with van der Waals surface area (Å²) in [5, 5.41) is 11.1. The number of anilines is 1. The number of nitrogens with two attached hydrogens (primary N) is 1. The Balaban J connectivity index is 1.61. The van der Waals surface area contributed by atoms with E-state index in [1.807, 2.05) is 48.2 Å². The fourth-order valence-electron chi connectivity index (χ4n) is 5.25. The van der Waals surface area contributed by atoms with Crippen molar-refractivity contribution in [2.45, 2.75) is 49.7 Å². The van der Waals surface area contributed by atoms with Gasteiger partial charge >= 0.3 is 0 Å². The van der Waals surface area contributed by atoms with E-state index >= 15 is 0 Å².